The van der Waals surface area contributed by atoms with E-state index >= 15 is 0 Å². The minimum Gasteiger partial charge on any atom is -0.507 e. The fraction of sp³-hybridized carbons (Fsp3) is 0.455. The van der Waals surface area contributed by atoms with Gasteiger partial charge in [-0.3, -0.25) is 4.79 Å². The highest BCUT2D eigenvalue weighted by Gasteiger charge is 2.25. The molecule has 0 saturated carbocycles. The van der Waals surface area contributed by atoms with Crippen molar-refractivity contribution in [2.24, 2.45) is 5.92 Å². The van der Waals surface area contributed by atoms with Crippen LogP contribution < -0.4 is 0 Å². The van der Waals surface area contributed by atoms with Crippen LogP contribution >= 0.6 is 0 Å². The molecule has 0 radical (unpaired) electrons. The molecule has 29 heavy (non-hydrogen) atoms. The van der Waals surface area contributed by atoms with Crippen molar-refractivity contribution in [1.29, 1.82) is 0 Å². The molecule has 1 aliphatic heterocycles. The van der Waals surface area contributed by atoms with Crippen molar-refractivity contribution >= 4 is 17.8 Å². The maximum atomic E-state index is 12.8. The second-order valence-corrected chi connectivity index (χ2v) is 7.24. The van der Waals surface area contributed by atoms with Crippen molar-refractivity contribution in [2.75, 3.05) is 6.61 Å². The summed E-state index contributed by atoms with van der Waals surface area (Å²) in [4.78, 5) is 24.9. The molecule has 0 aliphatic carbocycles. The largest absolute Gasteiger partial charge is 0.507 e. The Kier molecular flexibility index (Phi) is 8.13. The van der Waals surface area contributed by atoms with Gasteiger partial charge in [0.05, 0.1) is 6.10 Å². The van der Waals surface area contributed by atoms with E-state index in [-0.39, 0.29) is 30.3 Å². The first-order chi connectivity index (χ1) is 13.8. The van der Waals surface area contributed by atoms with Crippen LogP contribution in [0.2, 0.25) is 0 Å². The Bertz CT molecular complexity index is 797. The van der Waals surface area contributed by atoms with E-state index in [0.29, 0.717) is 18.4 Å². The minimum absolute atomic E-state index is 0.00268. The van der Waals surface area contributed by atoms with Crippen LogP contribution in [0.3, 0.4) is 0 Å². The number of aliphatic hydroxyl groups is 3. The Morgan fingerprint density at radius 2 is 1.86 bits per heavy atom. The molecule has 7 nitrogen and oxygen atoms in total. The van der Waals surface area contributed by atoms with Gasteiger partial charge in [0.15, 0.2) is 5.78 Å². The lowest BCUT2D eigenvalue weighted by atomic mass is 9.95. The molecule has 7 heteroatoms. The normalized spacial score (nSPS) is 28.2. The van der Waals surface area contributed by atoms with Gasteiger partial charge < -0.3 is 25.2 Å². The van der Waals surface area contributed by atoms with Crippen LogP contribution in [0.4, 0.5) is 0 Å². The molecule has 1 heterocycles. The van der Waals surface area contributed by atoms with Gasteiger partial charge in [-0.2, -0.15) is 0 Å². The van der Waals surface area contributed by atoms with Gasteiger partial charge in [0.25, 0.3) is 0 Å². The van der Waals surface area contributed by atoms with E-state index in [4.69, 9.17) is 9.84 Å². The lowest BCUT2D eigenvalue weighted by molar-refractivity contribution is -0.127. The topological polar surface area (TPSA) is 124 Å². The van der Waals surface area contributed by atoms with E-state index in [0.717, 1.165) is 5.56 Å². The molecule has 0 bridgehead atoms. The van der Waals surface area contributed by atoms with Crippen LogP contribution in [-0.4, -0.2) is 57.1 Å². The van der Waals surface area contributed by atoms with Crippen LogP contribution in [0.15, 0.2) is 30.4 Å². The molecule has 1 unspecified atom stereocenters. The third-order valence-corrected chi connectivity index (χ3v) is 5.04. The number of aryl methyl sites for hydroxylation is 1. The fourth-order valence-corrected chi connectivity index (χ4v) is 3.02. The monoisotopic (exact) mass is 404 g/mol. The number of phenols is 1. The summed E-state index contributed by atoms with van der Waals surface area (Å²) in [7, 11) is 0. The van der Waals surface area contributed by atoms with Crippen molar-refractivity contribution in [3.8, 4) is 5.75 Å². The van der Waals surface area contributed by atoms with Crippen molar-refractivity contribution in [3.63, 3.8) is 0 Å². The van der Waals surface area contributed by atoms with Crippen LogP contribution in [0.1, 0.15) is 48.2 Å². The SMILES string of the molecule is C[C@@H]1/C=C\C(=O)C(O)[C@@H](O)C/C=C/c2c(CCCO)ccc(O)c2C(=O)O[C@H]1C. The zero-order valence-corrected chi connectivity index (χ0v) is 16.6. The Balaban J connectivity index is 2.53. The second-order valence-electron chi connectivity index (χ2n) is 7.24. The van der Waals surface area contributed by atoms with Gasteiger partial charge in [-0.1, -0.05) is 31.2 Å². The Morgan fingerprint density at radius 3 is 2.55 bits per heavy atom. The predicted octanol–water partition coefficient (Wildman–Crippen LogP) is 1.76. The number of aromatic hydroxyl groups is 1. The van der Waals surface area contributed by atoms with Crippen molar-refractivity contribution in [3.05, 3.63) is 47.1 Å². The van der Waals surface area contributed by atoms with Gasteiger partial charge in [0, 0.05) is 12.5 Å². The van der Waals surface area contributed by atoms with E-state index in [1.54, 1.807) is 26.0 Å². The molecule has 0 saturated heterocycles. The molecule has 4 atom stereocenters. The summed E-state index contributed by atoms with van der Waals surface area (Å²) in [6, 6.07) is 3.07. The number of hydrogen-bond donors (Lipinski definition) is 4. The first-order valence-corrected chi connectivity index (χ1v) is 9.67. The minimum atomic E-state index is -1.57. The number of ketones is 1. The summed E-state index contributed by atoms with van der Waals surface area (Å²) in [5, 5.41) is 39.6. The molecule has 2 rings (SSSR count). The number of hydrogen-bond acceptors (Lipinski definition) is 7. The van der Waals surface area contributed by atoms with E-state index < -0.39 is 30.1 Å². The summed E-state index contributed by atoms with van der Waals surface area (Å²) < 4.78 is 5.50. The average Bonchev–Trinajstić information content (AvgIpc) is 2.69. The highest BCUT2D eigenvalue weighted by Crippen LogP contribution is 2.29. The van der Waals surface area contributed by atoms with E-state index in [2.05, 4.69) is 0 Å². The van der Waals surface area contributed by atoms with E-state index in [1.807, 2.05) is 0 Å². The number of aliphatic hydroxyl groups excluding tert-OH is 3. The molecule has 158 valence electrons. The summed E-state index contributed by atoms with van der Waals surface area (Å²) in [5.74, 6) is -1.91. The molecule has 1 aromatic rings. The number of cyclic esters (lactones) is 1. The molecule has 1 aliphatic rings. The Morgan fingerprint density at radius 1 is 1.14 bits per heavy atom. The lowest BCUT2D eigenvalue weighted by Gasteiger charge is -2.21. The van der Waals surface area contributed by atoms with Gasteiger partial charge in [-0.05, 0) is 49.5 Å². The third-order valence-electron chi connectivity index (χ3n) is 5.04. The number of carbonyl (C=O) groups excluding carboxylic acids is 2. The van der Waals surface area contributed by atoms with Gasteiger partial charge in [0.2, 0.25) is 0 Å². The van der Waals surface area contributed by atoms with Crippen molar-refractivity contribution in [1.82, 2.24) is 0 Å². The number of carbonyl (C=O) groups is 2. The first kappa shape index (κ1) is 22.8. The molecule has 1 aromatic carbocycles. The van der Waals surface area contributed by atoms with Gasteiger partial charge in [0.1, 0.15) is 23.5 Å². The van der Waals surface area contributed by atoms with Crippen molar-refractivity contribution < 1.29 is 34.8 Å². The molecular weight excluding hydrogens is 376 g/mol. The van der Waals surface area contributed by atoms with Gasteiger partial charge in [-0.25, -0.2) is 4.79 Å². The van der Waals surface area contributed by atoms with E-state index in [9.17, 15) is 24.9 Å². The van der Waals surface area contributed by atoms with Gasteiger partial charge >= 0.3 is 5.97 Å². The predicted molar refractivity (Wildman–Crippen MR) is 107 cm³/mol. The number of benzene rings is 1. The summed E-state index contributed by atoms with van der Waals surface area (Å²) in [6.07, 6.45) is 3.19. The molecular formula is C22H28O7. The smallest absolute Gasteiger partial charge is 0.342 e. The molecule has 0 aromatic heterocycles. The number of esters is 1. The summed E-state index contributed by atoms with van der Waals surface area (Å²) >= 11 is 0. The second kappa shape index (κ2) is 10.3. The third kappa shape index (κ3) is 5.76. The maximum Gasteiger partial charge on any atom is 0.342 e. The summed E-state index contributed by atoms with van der Waals surface area (Å²) in [5.41, 5.74) is 1.14. The Hall–Kier alpha value is -2.48. The first-order valence-electron chi connectivity index (χ1n) is 9.67. The Labute approximate surface area is 169 Å². The van der Waals surface area contributed by atoms with E-state index in [1.165, 1.54) is 24.3 Å². The number of rotatable bonds is 3. The average molecular weight is 404 g/mol. The zero-order chi connectivity index (χ0) is 21.6. The van der Waals surface area contributed by atoms with Crippen LogP contribution in [0, 0.1) is 5.92 Å². The molecule has 4 N–H and O–H groups in total. The molecule has 0 spiro atoms. The van der Waals surface area contributed by atoms with Crippen LogP contribution in [0.25, 0.3) is 6.08 Å². The molecule has 0 amide bonds. The quantitative estimate of drug-likeness (QED) is 0.566. The number of fused-ring (bicyclic) bond motifs is 1. The van der Waals surface area contributed by atoms with Crippen LogP contribution in [-0.2, 0) is 16.0 Å². The van der Waals surface area contributed by atoms with Gasteiger partial charge in [-0.15, -0.1) is 0 Å². The highest BCUT2D eigenvalue weighted by molar-refractivity contribution is 5.97. The lowest BCUT2D eigenvalue weighted by Crippen LogP contribution is -2.32. The van der Waals surface area contributed by atoms with Crippen LogP contribution in [0.5, 0.6) is 5.75 Å². The number of ether oxygens (including phenoxy) is 1. The maximum absolute atomic E-state index is 12.8. The standard InChI is InChI=1S/C22H28O7/c1-13-8-10-19(26)21(27)18(25)7-3-6-16-15(5-4-12-23)9-11-17(24)20(16)22(28)29-14(13)2/h3,6,8-11,13-14,18,21,23-25,27H,4-5,7,12H2,1-2H3/b6-3+,10-8-/t13-,14+,18+,21?/m1/s1. The number of phenolic OH excluding ortho intramolecular Hbond substituents is 1. The molecule has 0 fully saturated rings. The van der Waals surface area contributed by atoms with Crippen molar-refractivity contribution in [2.45, 2.75) is 51.4 Å². The fourth-order valence-electron chi connectivity index (χ4n) is 3.02. The highest BCUT2D eigenvalue weighted by atomic mass is 16.5. The zero-order valence-electron chi connectivity index (χ0n) is 16.6. The summed E-state index contributed by atoms with van der Waals surface area (Å²) in [6.45, 7) is 3.38.